The Morgan fingerprint density at radius 2 is 2.19 bits per heavy atom. The van der Waals surface area contributed by atoms with Crippen LogP contribution in [0.2, 0.25) is 0 Å². The van der Waals surface area contributed by atoms with Crippen LogP contribution in [-0.2, 0) is 6.54 Å². The molecule has 0 radical (unpaired) electrons. The monoisotopic (exact) mass is 284 g/mol. The van der Waals surface area contributed by atoms with Gasteiger partial charge in [-0.25, -0.2) is 4.79 Å². The van der Waals surface area contributed by atoms with Gasteiger partial charge in [-0.15, -0.1) is 5.10 Å². The molecule has 0 fully saturated rings. The molecule has 0 bridgehead atoms. The Kier molecular flexibility index (Phi) is 3.68. The maximum atomic E-state index is 12.4. The number of nitrogens with one attached hydrogen (secondary N) is 1. The van der Waals surface area contributed by atoms with E-state index in [0.717, 1.165) is 11.3 Å². The number of hydrogen-bond donors (Lipinski definition) is 1. The molecular weight excluding hydrogens is 268 g/mol. The lowest BCUT2D eigenvalue weighted by molar-refractivity contribution is 0.167. The van der Waals surface area contributed by atoms with Crippen LogP contribution in [0.1, 0.15) is 12.5 Å². The molecule has 0 saturated carbocycles. The number of urea groups is 1. The van der Waals surface area contributed by atoms with Crippen molar-refractivity contribution in [2.45, 2.75) is 19.5 Å². The molecule has 0 saturated heterocycles. The first-order valence-corrected chi connectivity index (χ1v) is 6.80. The van der Waals surface area contributed by atoms with Crippen LogP contribution in [0.5, 0.6) is 5.75 Å². The normalized spacial score (nSPS) is 17.4. The van der Waals surface area contributed by atoms with E-state index in [4.69, 9.17) is 4.74 Å². The van der Waals surface area contributed by atoms with Crippen molar-refractivity contribution < 1.29 is 9.53 Å². The summed E-state index contributed by atoms with van der Waals surface area (Å²) in [5.41, 5.74) is 0.996. The molecule has 0 spiro atoms. The topological polar surface area (TPSA) is 67.3 Å². The summed E-state index contributed by atoms with van der Waals surface area (Å²) < 4.78 is 5.74. The zero-order valence-corrected chi connectivity index (χ0v) is 11.7. The predicted molar refractivity (Wildman–Crippen MR) is 78.0 cm³/mol. The Bertz CT molecular complexity index is 633. The van der Waals surface area contributed by atoms with E-state index >= 15 is 0 Å². The van der Waals surface area contributed by atoms with Crippen LogP contribution in [0.15, 0.2) is 42.6 Å². The highest BCUT2D eigenvalue weighted by atomic mass is 16.5. The van der Waals surface area contributed by atoms with Crippen LogP contribution in [0, 0.1) is 0 Å². The van der Waals surface area contributed by atoms with Gasteiger partial charge in [-0.05, 0) is 25.1 Å². The van der Waals surface area contributed by atoms with Gasteiger partial charge in [-0.1, -0.05) is 18.2 Å². The van der Waals surface area contributed by atoms with Crippen molar-refractivity contribution in [3.8, 4) is 5.75 Å². The van der Waals surface area contributed by atoms with Crippen molar-refractivity contribution >= 4 is 11.8 Å². The summed E-state index contributed by atoms with van der Waals surface area (Å²) in [4.78, 5) is 14.2. The van der Waals surface area contributed by atoms with E-state index in [1.807, 2.05) is 31.2 Å². The number of carbonyl (C=O) groups excluding carboxylic acids is 1. The molecule has 0 aliphatic carbocycles. The molecular formula is C15H16N4O2. The minimum Gasteiger partial charge on any atom is -0.491 e. The summed E-state index contributed by atoms with van der Waals surface area (Å²) in [5.74, 6) is 1.27. The highest BCUT2D eigenvalue weighted by molar-refractivity contribution is 5.88. The van der Waals surface area contributed by atoms with Gasteiger partial charge in [-0.3, -0.25) is 5.32 Å². The number of fused-ring (bicyclic) bond motifs is 1. The minimum absolute atomic E-state index is 0.0333. The summed E-state index contributed by atoms with van der Waals surface area (Å²) in [6.07, 6.45) is 1.56. The molecule has 1 atom stereocenters. The van der Waals surface area contributed by atoms with Crippen LogP contribution in [0.3, 0.4) is 0 Å². The summed E-state index contributed by atoms with van der Waals surface area (Å²) in [6.45, 7) is 2.93. The summed E-state index contributed by atoms with van der Waals surface area (Å²) in [7, 11) is 0. The Morgan fingerprint density at radius 1 is 1.33 bits per heavy atom. The van der Waals surface area contributed by atoms with E-state index in [9.17, 15) is 4.79 Å². The highest BCUT2D eigenvalue weighted by Crippen LogP contribution is 2.25. The summed E-state index contributed by atoms with van der Waals surface area (Å²) in [6, 6.07) is 11.0. The predicted octanol–water partition coefficient (Wildman–Crippen LogP) is 2.29. The quantitative estimate of drug-likeness (QED) is 0.872. The maximum Gasteiger partial charge on any atom is 0.323 e. The summed E-state index contributed by atoms with van der Waals surface area (Å²) >= 11 is 0. The molecule has 108 valence electrons. The van der Waals surface area contributed by atoms with Crippen LogP contribution < -0.4 is 10.1 Å². The smallest absolute Gasteiger partial charge is 0.323 e. The second-order valence-corrected chi connectivity index (χ2v) is 4.93. The lowest BCUT2D eigenvalue weighted by Gasteiger charge is -2.26. The zero-order chi connectivity index (χ0) is 14.7. The molecule has 2 aromatic rings. The average Bonchev–Trinajstić information content (AvgIpc) is 2.68. The third kappa shape index (κ3) is 2.94. The van der Waals surface area contributed by atoms with Gasteiger partial charge >= 0.3 is 6.03 Å². The Balaban J connectivity index is 1.79. The first kappa shape index (κ1) is 13.4. The first-order valence-electron chi connectivity index (χ1n) is 6.80. The number of anilines is 1. The number of ether oxygens (including phenoxy) is 1. The number of amides is 2. The van der Waals surface area contributed by atoms with Crippen molar-refractivity contribution in [1.29, 1.82) is 0 Å². The van der Waals surface area contributed by atoms with Crippen molar-refractivity contribution in [2.75, 3.05) is 11.9 Å². The number of aromatic nitrogens is 2. The highest BCUT2D eigenvalue weighted by Gasteiger charge is 2.25. The molecule has 6 nitrogen and oxygen atoms in total. The fourth-order valence-electron chi connectivity index (χ4n) is 2.24. The minimum atomic E-state index is -0.205. The van der Waals surface area contributed by atoms with E-state index in [1.165, 1.54) is 0 Å². The van der Waals surface area contributed by atoms with Gasteiger partial charge in [0.2, 0.25) is 0 Å². The van der Waals surface area contributed by atoms with Crippen LogP contribution in [0.25, 0.3) is 0 Å². The standard InChI is InChI=1S/C15H16N4O2/c1-11-10-21-13-6-3-2-5-12(13)9-19(11)15(20)17-14-7-4-8-16-18-14/h2-8,11H,9-10H2,1H3,(H,17,18,20)/t11-/m0/s1. The Morgan fingerprint density at radius 3 is 3.00 bits per heavy atom. The van der Waals surface area contributed by atoms with Gasteiger partial charge in [0.15, 0.2) is 5.82 Å². The molecule has 0 unspecified atom stereocenters. The molecule has 1 aliphatic heterocycles. The number of para-hydroxylation sites is 1. The number of nitrogens with zero attached hydrogens (tertiary/aromatic N) is 3. The molecule has 2 heterocycles. The van der Waals surface area contributed by atoms with Crippen LogP contribution in [-0.4, -0.2) is 33.8 Å². The van der Waals surface area contributed by atoms with Crippen molar-refractivity contribution in [2.24, 2.45) is 0 Å². The molecule has 1 aromatic carbocycles. The fraction of sp³-hybridized carbons (Fsp3) is 0.267. The van der Waals surface area contributed by atoms with E-state index in [1.54, 1.807) is 23.2 Å². The molecule has 1 aromatic heterocycles. The molecule has 1 aliphatic rings. The second-order valence-electron chi connectivity index (χ2n) is 4.93. The van der Waals surface area contributed by atoms with E-state index in [-0.39, 0.29) is 12.1 Å². The SMILES string of the molecule is C[C@H]1COc2ccccc2CN1C(=O)Nc1cccnn1. The second kappa shape index (κ2) is 5.78. The molecule has 2 amide bonds. The Labute approximate surface area is 122 Å². The van der Waals surface area contributed by atoms with E-state index < -0.39 is 0 Å². The number of rotatable bonds is 1. The number of carbonyl (C=O) groups is 1. The molecule has 21 heavy (non-hydrogen) atoms. The van der Waals surface area contributed by atoms with Crippen molar-refractivity contribution in [1.82, 2.24) is 15.1 Å². The average molecular weight is 284 g/mol. The fourth-order valence-corrected chi connectivity index (χ4v) is 2.24. The maximum absolute atomic E-state index is 12.4. The number of hydrogen-bond acceptors (Lipinski definition) is 4. The Hall–Kier alpha value is -2.63. The van der Waals surface area contributed by atoms with Crippen LogP contribution in [0.4, 0.5) is 10.6 Å². The lowest BCUT2D eigenvalue weighted by Crippen LogP contribution is -2.42. The third-order valence-corrected chi connectivity index (χ3v) is 3.39. The molecule has 3 rings (SSSR count). The van der Waals surface area contributed by atoms with Crippen LogP contribution >= 0.6 is 0 Å². The molecule has 1 N–H and O–H groups in total. The number of benzene rings is 1. The lowest BCUT2D eigenvalue weighted by atomic mass is 10.2. The van der Waals surface area contributed by atoms with Gasteiger partial charge in [0.25, 0.3) is 0 Å². The summed E-state index contributed by atoms with van der Waals surface area (Å²) in [5, 5.41) is 10.4. The van der Waals surface area contributed by atoms with Gasteiger partial charge in [0.05, 0.1) is 12.6 Å². The van der Waals surface area contributed by atoms with Gasteiger partial charge in [0, 0.05) is 11.8 Å². The largest absolute Gasteiger partial charge is 0.491 e. The zero-order valence-electron chi connectivity index (χ0n) is 11.7. The van der Waals surface area contributed by atoms with Gasteiger partial charge in [0.1, 0.15) is 12.4 Å². The van der Waals surface area contributed by atoms with Crippen molar-refractivity contribution in [3.63, 3.8) is 0 Å². The van der Waals surface area contributed by atoms with Crippen molar-refractivity contribution in [3.05, 3.63) is 48.2 Å². The van der Waals surface area contributed by atoms with Gasteiger partial charge in [-0.2, -0.15) is 5.10 Å². The molecule has 6 heteroatoms. The van der Waals surface area contributed by atoms with Gasteiger partial charge < -0.3 is 9.64 Å². The first-order chi connectivity index (χ1) is 10.2. The van der Waals surface area contributed by atoms with E-state index in [2.05, 4.69) is 15.5 Å². The third-order valence-electron chi connectivity index (χ3n) is 3.39. The van der Waals surface area contributed by atoms with E-state index in [0.29, 0.717) is 19.0 Å².